The van der Waals surface area contributed by atoms with Crippen LogP contribution in [-0.2, 0) is 16.0 Å². The summed E-state index contributed by atoms with van der Waals surface area (Å²) in [6, 6.07) is 20.8. The summed E-state index contributed by atoms with van der Waals surface area (Å²) in [5, 5.41) is 3.03. The number of amides is 1. The van der Waals surface area contributed by atoms with Gasteiger partial charge in [-0.15, -0.1) is 0 Å². The van der Waals surface area contributed by atoms with Crippen LogP contribution in [0.25, 0.3) is 0 Å². The van der Waals surface area contributed by atoms with Crippen LogP contribution in [0.5, 0.6) is 0 Å². The fourth-order valence-corrected chi connectivity index (χ4v) is 4.02. The summed E-state index contributed by atoms with van der Waals surface area (Å²) < 4.78 is 6.13. The Bertz CT molecular complexity index is 719. The minimum atomic E-state index is -0.754. The van der Waals surface area contributed by atoms with Crippen LogP contribution < -0.4 is 5.32 Å². The summed E-state index contributed by atoms with van der Waals surface area (Å²) in [6.45, 7) is 3.74. The number of nitrogens with zero attached hydrogens (tertiary/aromatic N) is 1. The zero-order valence-electron chi connectivity index (χ0n) is 14.4. The van der Waals surface area contributed by atoms with Crippen molar-refractivity contribution < 1.29 is 9.53 Å². The second-order valence-corrected chi connectivity index (χ2v) is 6.92. The van der Waals surface area contributed by atoms with Gasteiger partial charge in [-0.3, -0.25) is 9.69 Å². The maximum absolute atomic E-state index is 12.7. The normalized spacial score (nSPS) is 26.7. The molecular weight excluding hydrogens is 312 g/mol. The minimum absolute atomic E-state index is 0.0331. The number of hydrogen-bond donors (Lipinski definition) is 1. The van der Waals surface area contributed by atoms with E-state index in [0.29, 0.717) is 19.7 Å². The molecule has 4 nitrogen and oxygen atoms in total. The van der Waals surface area contributed by atoms with E-state index in [2.05, 4.69) is 46.6 Å². The fourth-order valence-electron chi connectivity index (χ4n) is 4.02. The number of nitrogens with one attached hydrogen (secondary N) is 1. The lowest BCUT2D eigenvalue weighted by molar-refractivity contribution is -0.156. The Labute approximate surface area is 148 Å². The van der Waals surface area contributed by atoms with E-state index < -0.39 is 5.60 Å². The van der Waals surface area contributed by atoms with Crippen LogP contribution in [0.1, 0.15) is 17.0 Å². The van der Waals surface area contributed by atoms with Gasteiger partial charge in [0.15, 0.2) is 5.60 Å². The SMILES string of the molecule is O=C1NC[C@H](c2ccccc2)[C@]12CN(CCc1ccccc1)CCO2. The van der Waals surface area contributed by atoms with Gasteiger partial charge in [-0.2, -0.15) is 0 Å². The topological polar surface area (TPSA) is 41.6 Å². The Morgan fingerprint density at radius 1 is 1.08 bits per heavy atom. The van der Waals surface area contributed by atoms with Crippen molar-refractivity contribution in [3.05, 3.63) is 71.8 Å². The molecule has 2 saturated heterocycles. The summed E-state index contributed by atoms with van der Waals surface area (Å²) in [5.41, 5.74) is 1.75. The number of hydrogen-bond acceptors (Lipinski definition) is 3. The number of rotatable bonds is 4. The number of benzene rings is 2. The zero-order chi connectivity index (χ0) is 17.1. The molecule has 2 aromatic rings. The molecule has 1 N–H and O–H groups in total. The van der Waals surface area contributed by atoms with Gasteiger partial charge in [-0.25, -0.2) is 0 Å². The molecule has 2 atom stereocenters. The van der Waals surface area contributed by atoms with Crippen molar-refractivity contribution in [2.45, 2.75) is 17.9 Å². The Kier molecular flexibility index (Phi) is 4.55. The van der Waals surface area contributed by atoms with Crippen molar-refractivity contribution in [1.82, 2.24) is 10.2 Å². The molecule has 0 saturated carbocycles. The molecule has 2 fully saturated rings. The second kappa shape index (κ2) is 6.98. The quantitative estimate of drug-likeness (QED) is 0.931. The minimum Gasteiger partial charge on any atom is -0.362 e. The van der Waals surface area contributed by atoms with Crippen molar-refractivity contribution in [3.8, 4) is 0 Å². The summed E-state index contributed by atoms with van der Waals surface area (Å²) in [4.78, 5) is 15.1. The Balaban J connectivity index is 1.50. The number of carbonyl (C=O) groups is 1. The number of ether oxygens (including phenoxy) is 1. The molecule has 4 heteroatoms. The number of morpholine rings is 1. The predicted octanol–water partition coefficient (Wildman–Crippen LogP) is 2.21. The highest BCUT2D eigenvalue weighted by Crippen LogP contribution is 2.38. The van der Waals surface area contributed by atoms with Crippen LogP contribution in [0.2, 0.25) is 0 Å². The first-order valence-corrected chi connectivity index (χ1v) is 9.01. The summed E-state index contributed by atoms with van der Waals surface area (Å²) in [7, 11) is 0. The third-order valence-corrected chi connectivity index (χ3v) is 5.40. The van der Waals surface area contributed by atoms with E-state index in [1.54, 1.807) is 0 Å². The van der Waals surface area contributed by atoms with Gasteiger partial charge in [0.2, 0.25) is 0 Å². The molecule has 2 aliphatic heterocycles. The molecule has 130 valence electrons. The Hall–Kier alpha value is -2.17. The standard InChI is InChI=1S/C21H24N2O2/c24-20-21(19(15-22-20)18-9-5-2-6-10-18)16-23(13-14-25-21)12-11-17-7-3-1-4-8-17/h1-10,19H,11-16H2,(H,22,24)/t19-,21-/m1/s1. The zero-order valence-corrected chi connectivity index (χ0v) is 14.4. The van der Waals surface area contributed by atoms with E-state index >= 15 is 0 Å². The molecule has 2 aliphatic rings. The maximum atomic E-state index is 12.7. The van der Waals surface area contributed by atoms with Crippen LogP contribution in [-0.4, -0.2) is 49.2 Å². The van der Waals surface area contributed by atoms with Crippen molar-refractivity contribution >= 4 is 5.91 Å². The molecule has 0 bridgehead atoms. The maximum Gasteiger partial charge on any atom is 0.254 e. The average molecular weight is 336 g/mol. The third-order valence-electron chi connectivity index (χ3n) is 5.40. The largest absolute Gasteiger partial charge is 0.362 e. The van der Waals surface area contributed by atoms with E-state index in [1.807, 2.05) is 24.3 Å². The highest BCUT2D eigenvalue weighted by Gasteiger charge is 2.54. The molecular formula is C21H24N2O2. The van der Waals surface area contributed by atoms with Crippen molar-refractivity contribution in [2.24, 2.45) is 0 Å². The molecule has 0 unspecified atom stereocenters. The molecule has 25 heavy (non-hydrogen) atoms. The van der Waals surface area contributed by atoms with Gasteiger partial charge in [-0.1, -0.05) is 60.7 Å². The lowest BCUT2D eigenvalue weighted by Crippen LogP contribution is -2.58. The Morgan fingerprint density at radius 2 is 1.80 bits per heavy atom. The van der Waals surface area contributed by atoms with Crippen LogP contribution in [0, 0.1) is 0 Å². The average Bonchev–Trinajstić information content (AvgIpc) is 2.97. The lowest BCUT2D eigenvalue weighted by Gasteiger charge is -2.42. The van der Waals surface area contributed by atoms with E-state index in [-0.39, 0.29) is 11.8 Å². The van der Waals surface area contributed by atoms with Crippen LogP contribution in [0.15, 0.2) is 60.7 Å². The lowest BCUT2D eigenvalue weighted by atomic mass is 9.83. The first-order chi connectivity index (χ1) is 12.3. The molecule has 1 spiro atoms. The number of carbonyl (C=O) groups excluding carboxylic acids is 1. The van der Waals surface area contributed by atoms with Gasteiger partial charge >= 0.3 is 0 Å². The molecule has 1 amide bonds. The van der Waals surface area contributed by atoms with Gasteiger partial charge in [0, 0.05) is 32.1 Å². The first kappa shape index (κ1) is 16.3. The van der Waals surface area contributed by atoms with Crippen LogP contribution >= 0.6 is 0 Å². The summed E-state index contributed by atoms with van der Waals surface area (Å²) in [6.07, 6.45) is 0.995. The summed E-state index contributed by atoms with van der Waals surface area (Å²) >= 11 is 0. The van der Waals surface area contributed by atoms with Crippen molar-refractivity contribution in [2.75, 3.05) is 32.8 Å². The second-order valence-electron chi connectivity index (χ2n) is 6.92. The van der Waals surface area contributed by atoms with Crippen molar-refractivity contribution in [3.63, 3.8) is 0 Å². The first-order valence-electron chi connectivity index (χ1n) is 9.01. The fraction of sp³-hybridized carbons (Fsp3) is 0.381. The van der Waals surface area contributed by atoms with Gasteiger partial charge in [0.05, 0.1) is 6.61 Å². The predicted molar refractivity (Wildman–Crippen MR) is 97.5 cm³/mol. The Morgan fingerprint density at radius 3 is 2.56 bits per heavy atom. The summed E-state index contributed by atoms with van der Waals surface area (Å²) in [5.74, 6) is 0.103. The van der Waals surface area contributed by atoms with E-state index in [9.17, 15) is 4.79 Å². The van der Waals surface area contributed by atoms with Crippen molar-refractivity contribution in [1.29, 1.82) is 0 Å². The van der Waals surface area contributed by atoms with E-state index in [1.165, 1.54) is 11.1 Å². The molecule has 4 rings (SSSR count). The molecule has 0 aliphatic carbocycles. The highest BCUT2D eigenvalue weighted by atomic mass is 16.5. The van der Waals surface area contributed by atoms with Gasteiger partial charge in [0.1, 0.15) is 0 Å². The molecule has 0 radical (unpaired) electrons. The van der Waals surface area contributed by atoms with Gasteiger partial charge in [0.25, 0.3) is 5.91 Å². The highest BCUT2D eigenvalue weighted by molar-refractivity contribution is 5.89. The van der Waals surface area contributed by atoms with E-state index in [4.69, 9.17) is 4.74 Å². The van der Waals surface area contributed by atoms with Gasteiger partial charge < -0.3 is 10.1 Å². The van der Waals surface area contributed by atoms with Crippen LogP contribution in [0.4, 0.5) is 0 Å². The van der Waals surface area contributed by atoms with E-state index in [0.717, 1.165) is 19.5 Å². The molecule has 0 aromatic heterocycles. The third kappa shape index (κ3) is 3.20. The monoisotopic (exact) mass is 336 g/mol. The smallest absolute Gasteiger partial charge is 0.254 e. The van der Waals surface area contributed by atoms with Crippen LogP contribution in [0.3, 0.4) is 0 Å². The molecule has 2 aromatic carbocycles. The van der Waals surface area contributed by atoms with Gasteiger partial charge in [-0.05, 0) is 17.5 Å². The molecule has 2 heterocycles.